The van der Waals surface area contributed by atoms with Gasteiger partial charge in [0.1, 0.15) is 5.60 Å². The van der Waals surface area contributed by atoms with E-state index in [0.29, 0.717) is 0 Å². The van der Waals surface area contributed by atoms with Crippen LogP contribution in [0.25, 0.3) is 0 Å². The number of ether oxygens (including phenoxy) is 1. The van der Waals surface area contributed by atoms with Crippen LogP contribution in [-0.2, 0) is 4.74 Å². The van der Waals surface area contributed by atoms with Gasteiger partial charge in [-0.2, -0.15) is 0 Å². The third-order valence-corrected chi connectivity index (χ3v) is 1.19. The summed E-state index contributed by atoms with van der Waals surface area (Å²) in [5.41, 5.74) is -0.645. The van der Waals surface area contributed by atoms with E-state index >= 15 is 0 Å². The Hall–Kier alpha value is -0.810. The molecule has 0 aliphatic heterocycles. The predicted molar refractivity (Wildman–Crippen MR) is 46.8 cm³/mol. The number of nitrogens with one attached hydrogen (secondary N) is 1. The van der Waals surface area contributed by atoms with Gasteiger partial charge in [-0.3, -0.25) is 5.32 Å². The molecule has 0 aliphatic carbocycles. The molecule has 1 amide bonds. The van der Waals surface area contributed by atoms with Crippen LogP contribution in [0.15, 0.2) is 0 Å². The lowest BCUT2D eigenvalue weighted by Gasteiger charge is -2.25. The second-order valence-electron chi connectivity index (χ2n) is 3.80. The van der Waals surface area contributed by atoms with E-state index in [-0.39, 0.29) is 6.42 Å². The number of carbonyl (C=O) groups is 1. The molecular formula is C8H17NO4. The van der Waals surface area contributed by atoms with Crippen molar-refractivity contribution in [3.05, 3.63) is 0 Å². The van der Waals surface area contributed by atoms with E-state index in [1.807, 2.05) is 5.32 Å². The summed E-state index contributed by atoms with van der Waals surface area (Å²) in [6, 6.07) is 0. The topological polar surface area (TPSA) is 78.8 Å². The minimum absolute atomic E-state index is 0.00770. The van der Waals surface area contributed by atoms with E-state index in [2.05, 4.69) is 0 Å². The molecule has 13 heavy (non-hydrogen) atoms. The number of carbonyl (C=O) groups excluding carboxylic acids is 1. The Labute approximate surface area is 77.7 Å². The molecule has 0 radical (unpaired) electrons. The molecule has 0 fully saturated rings. The lowest BCUT2D eigenvalue weighted by molar-refractivity contribution is -0.182. The first kappa shape index (κ1) is 12.2. The van der Waals surface area contributed by atoms with Crippen molar-refractivity contribution in [2.24, 2.45) is 0 Å². The van der Waals surface area contributed by atoms with Crippen LogP contribution < -0.4 is 5.32 Å². The van der Waals surface area contributed by atoms with Crippen molar-refractivity contribution in [1.82, 2.24) is 5.32 Å². The van der Waals surface area contributed by atoms with Gasteiger partial charge in [0.05, 0.1) is 0 Å². The van der Waals surface area contributed by atoms with E-state index in [9.17, 15) is 4.79 Å². The number of amides is 1. The maximum Gasteiger partial charge on any atom is 0.411 e. The van der Waals surface area contributed by atoms with Crippen molar-refractivity contribution >= 4 is 6.09 Å². The molecule has 5 heteroatoms. The molecule has 0 saturated carbocycles. The first-order valence-corrected chi connectivity index (χ1v) is 4.12. The largest absolute Gasteiger partial charge is 0.444 e. The van der Waals surface area contributed by atoms with Crippen molar-refractivity contribution in [1.29, 1.82) is 0 Å². The fourth-order valence-corrected chi connectivity index (χ4v) is 0.555. The van der Waals surface area contributed by atoms with Gasteiger partial charge in [-0.15, -0.1) is 0 Å². The lowest BCUT2D eigenvalue weighted by atomic mass is 10.2. The summed E-state index contributed by atoms with van der Waals surface area (Å²) in [5.74, 6) is -2.19. The van der Waals surface area contributed by atoms with Crippen molar-refractivity contribution in [2.45, 2.75) is 45.6 Å². The van der Waals surface area contributed by atoms with Crippen molar-refractivity contribution in [3.8, 4) is 0 Å². The summed E-state index contributed by atoms with van der Waals surface area (Å²) in [5, 5.41) is 20.0. The van der Waals surface area contributed by atoms with Crippen LogP contribution in [0.4, 0.5) is 4.79 Å². The Morgan fingerprint density at radius 1 is 1.38 bits per heavy atom. The van der Waals surface area contributed by atoms with Crippen LogP contribution in [0.3, 0.4) is 0 Å². The summed E-state index contributed by atoms with van der Waals surface area (Å²) in [6.45, 7) is 6.59. The van der Waals surface area contributed by atoms with E-state index < -0.39 is 17.6 Å². The first-order chi connectivity index (χ1) is 5.66. The van der Waals surface area contributed by atoms with Crippen LogP contribution in [-0.4, -0.2) is 27.8 Å². The zero-order valence-electron chi connectivity index (χ0n) is 8.42. The van der Waals surface area contributed by atoms with E-state index in [1.54, 1.807) is 20.8 Å². The SMILES string of the molecule is CCC(O)(O)NC(=O)OC(C)(C)C. The maximum atomic E-state index is 11.0. The molecule has 0 aromatic heterocycles. The average Bonchev–Trinajstić information content (AvgIpc) is 1.81. The quantitative estimate of drug-likeness (QED) is 0.557. The van der Waals surface area contributed by atoms with Crippen LogP contribution >= 0.6 is 0 Å². The fraction of sp³-hybridized carbons (Fsp3) is 0.875. The lowest BCUT2D eigenvalue weighted by Crippen LogP contribution is -2.49. The zero-order valence-corrected chi connectivity index (χ0v) is 8.42. The Morgan fingerprint density at radius 2 is 1.85 bits per heavy atom. The normalized spacial score (nSPS) is 12.5. The number of hydrogen-bond donors (Lipinski definition) is 3. The average molecular weight is 191 g/mol. The van der Waals surface area contributed by atoms with E-state index in [0.717, 1.165) is 0 Å². The molecule has 0 heterocycles. The van der Waals surface area contributed by atoms with Gasteiger partial charge in [0, 0.05) is 6.42 Å². The molecule has 0 bridgehead atoms. The van der Waals surface area contributed by atoms with Gasteiger partial charge in [-0.05, 0) is 20.8 Å². The van der Waals surface area contributed by atoms with E-state index in [4.69, 9.17) is 14.9 Å². The molecule has 0 aromatic rings. The second kappa shape index (κ2) is 3.93. The molecule has 0 spiro atoms. The molecule has 5 nitrogen and oxygen atoms in total. The molecule has 78 valence electrons. The van der Waals surface area contributed by atoms with Crippen molar-refractivity contribution < 1.29 is 19.7 Å². The molecule has 0 aliphatic rings. The third kappa shape index (κ3) is 6.36. The fourth-order valence-electron chi connectivity index (χ4n) is 0.555. The maximum absolute atomic E-state index is 11.0. The summed E-state index contributed by atoms with van der Waals surface area (Å²) in [7, 11) is 0. The van der Waals surface area contributed by atoms with Crippen LogP contribution in [0.5, 0.6) is 0 Å². The number of rotatable bonds is 2. The summed E-state index contributed by atoms with van der Waals surface area (Å²) in [6.07, 6.45) is -0.856. The summed E-state index contributed by atoms with van der Waals surface area (Å²) >= 11 is 0. The highest BCUT2D eigenvalue weighted by atomic mass is 16.6. The number of hydrogen-bond acceptors (Lipinski definition) is 4. The number of aliphatic hydroxyl groups is 2. The van der Waals surface area contributed by atoms with Gasteiger partial charge < -0.3 is 14.9 Å². The molecule has 0 atom stereocenters. The van der Waals surface area contributed by atoms with Crippen molar-refractivity contribution in [3.63, 3.8) is 0 Å². The standard InChI is InChI=1S/C8H17NO4/c1-5-8(11,12)9-6(10)13-7(2,3)4/h11-12H,5H2,1-4H3,(H,9,10). The highest BCUT2D eigenvalue weighted by Crippen LogP contribution is 2.08. The Kier molecular flexibility index (Phi) is 3.69. The Bertz CT molecular complexity index is 183. The smallest absolute Gasteiger partial charge is 0.411 e. The van der Waals surface area contributed by atoms with Gasteiger partial charge in [0.2, 0.25) is 5.91 Å². The van der Waals surface area contributed by atoms with Gasteiger partial charge >= 0.3 is 6.09 Å². The van der Waals surface area contributed by atoms with Crippen LogP contribution in [0.2, 0.25) is 0 Å². The third-order valence-electron chi connectivity index (χ3n) is 1.19. The predicted octanol–water partition coefficient (Wildman–Crippen LogP) is 0.559. The van der Waals surface area contributed by atoms with Crippen LogP contribution in [0.1, 0.15) is 34.1 Å². The second-order valence-corrected chi connectivity index (χ2v) is 3.80. The molecule has 0 aromatic carbocycles. The molecule has 0 rings (SSSR count). The molecular weight excluding hydrogens is 174 g/mol. The molecule has 0 saturated heterocycles. The summed E-state index contributed by atoms with van der Waals surface area (Å²) < 4.78 is 4.81. The molecule has 0 unspecified atom stereocenters. The molecule has 3 N–H and O–H groups in total. The van der Waals surface area contributed by atoms with Gasteiger partial charge in [-0.25, -0.2) is 4.79 Å². The summed E-state index contributed by atoms with van der Waals surface area (Å²) in [4.78, 5) is 11.0. The Morgan fingerprint density at radius 3 is 2.15 bits per heavy atom. The highest BCUT2D eigenvalue weighted by Gasteiger charge is 2.26. The van der Waals surface area contributed by atoms with Crippen LogP contribution in [0, 0.1) is 0 Å². The van der Waals surface area contributed by atoms with Gasteiger partial charge in [0.15, 0.2) is 0 Å². The van der Waals surface area contributed by atoms with Gasteiger partial charge in [-0.1, -0.05) is 6.92 Å². The Balaban J connectivity index is 4.03. The number of alkyl carbamates (subject to hydrolysis) is 1. The highest BCUT2D eigenvalue weighted by molar-refractivity contribution is 5.68. The van der Waals surface area contributed by atoms with E-state index in [1.165, 1.54) is 6.92 Å². The minimum Gasteiger partial charge on any atom is -0.444 e. The first-order valence-electron chi connectivity index (χ1n) is 4.12. The monoisotopic (exact) mass is 191 g/mol. The minimum atomic E-state index is -2.19. The van der Waals surface area contributed by atoms with Gasteiger partial charge in [0.25, 0.3) is 0 Å². The van der Waals surface area contributed by atoms with Crippen molar-refractivity contribution in [2.75, 3.05) is 0 Å². The zero-order chi connectivity index (χ0) is 10.7.